The summed E-state index contributed by atoms with van der Waals surface area (Å²) in [6, 6.07) is 0. The van der Waals surface area contributed by atoms with Gasteiger partial charge in [0.25, 0.3) is 0 Å². The molecule has 1 N–H and O–H groups in total. The maximum atomic E-state index is 12.4. The summed E-state index contributed by atoms with van der Waals surface area (Å²) in [6.45, 7) is 9.20. The number of piperazine rings is 1. The van der Waals surface area contributed by atoms with Gasteiger partial charge in [-0.3, -0.25) is 14.5 Å². The van der Waals surface area contributed by atoms with E-state index in [0.717, 1.165) is 38.0 Å². The van der Waals surface area contributed by atoms with Crippen LogP contribution in [0.5, 0.6) is 0 Å². The standard InChI is InChI=1S/C15H26N4O2.ClH/c1-12(20)18-4-6-19(7-5-18)15(21)11-17-3-2-13-8-16-9-14(13)10-17;/h13-14,16H,2-11H2,1H3;1H. The molecule has 3 heterocycles. The average Bonchev–Trinajstić information content (AvgIpc) is 2.95. The molecule has 7 heteroatoms. The lowest BCUT2D eigenvalue weighted by atomic mass is 9.89. The van der Waals surface area contributed by atoms with E-state index >= 15 is 0 Å². The van der Waals surface area contributed by atoms with Crippen LogP contribution in [0.1, 0.15) is 13.3 Å². The summed E-state index contributed by atoms with van der Waals surface area (Å²) in [5.74, 6) is 1.87. The molecule has 3 aliphatic rings. The van der Waals surface area contributed by atoms with Crippen LogP contribution in [0.4, 0.5) is 0 Å². The minimum absolute atomic E-state index is 0. The first kappa shape index (κ1) is 17.5. The fraction of sp³-hybridized carbons (Fsp3) is 0.867. The average molecular weight is 331 g/mol. The maximum absolute atomic E-state index is 12.4. The molecular weight excluding hydrogens is 304 g/mol. The van der Waals surface area contributed by atoms with Crippen molar-refractivity contribution in [3.8, 4) is 0 Å². The minimum atomic E-state index is 0. The number of halogens is 1. The van der Waals surface area contributed by atoms with E-state index in [1.165, 1.54) is 6.42 Å². The Morgan fingerprint density at radius 2 is 1.64 bits per heavy atom. The number of likely N-dealkylation sites (tertiary alicyclic amines) is 1. The van der Waals surface area contributed by atoms with E-state index in [2.05, 4.69) is 10.2 Å². The van der Waals surface area contributed by atoms with E-state index in [1.807, 2.05) is 9.80 Å². The summed E-state index contributed by atoms with van der Waals surface area (Å²) < 4.78 is 0. The predicted molar refractivity (Wildman–Crippen MR) is 87.0 cm³/mol. The molecule has 22 heavy (non-hydrogen) atoms. The normalized spacial score (nSPS) is 29.0. The predicted octanol–water partition coefficient (Wildman–Crippen LogP) is -0.360. The first-order valence-corrected chi connectivity index (χ1v) is 8.10. The van der Waals surface area contributed by atoms with Gasteiger partial charge in [0.2, 0.25) is 11.8 Å². The fourth-order valence-corrected chi connectivity index (χ4v) is 3.82. The number of carbonyl (C=O) groups is 2. The topological polar surface area (TPSA) is 55.9 Å². The third-order valence-electron chi connectivity index (χ3n) is 5.23. The molecule has 0 radical (unpaired) electrons. The molecule has 3 saturated heterocycles. The molecule has 0 aromatic rings. The highest BCUT2D eigenvalue weighted by Crippen LogP contribution is 2.26. The molecule has 3 aliphatic heterocycles. The van der Waals surface area contributed by atoms with Crippen molar-refractivity contribution >= 4 is 24.2 Å². The third kappa shape index (κ3) is 3.91. The Hall–Kier alpha value is -0.850. The van der Waals surface area contributed by atoms with Crippen molar-refractivity contribution in [2.45, 2.75) is 13.3 Å². The molecule has 0 aromatic carbocycles. The van der Waals surface area contributed by atoms with Crippen molar-refractivity contribution in [3.63, 3.8) is 0 Å². The van der Waals surface area contributed by atoms with Crippen molar-refractivity contribution in [1.82, 2.24) is 20.0 Å². The summed E-state index contributed by atoms with van der Waals surface area (Å²) >= 11 is 0. The SMILES string of the molecule is CC(=O)N1CCN(C(=O)CN2CCC3CNCC3C2)CC1.Cl. The second kappa shape index (κ2) is 7.62. The molecule has 0 aliphatic carbocycles. The van der Waals surface area contributed by atoms with E-state index in [0.29, 0.717) is 32.7 Å². The highest BCUT2D eigenvalue weighted by atomic mass is 35.5. The lowest BCUT2D eigenvalue weighted by molar-refractivity contribution is -0.139. The number of amides is 2. The van der Waals surface area contributed by atoms with Crippen molar-refractivity contribution in [2.75, 3.05) is 58.9 Å². The van der Waals surface area contributed by atoms with Gasteiger partial charge < -0.3 is 15.1 Å². The second-order valence-electron chi connectivity index (χ2n) is 6.59. The van der Waals surface area contributed by atoms with Crippen LogP contribution in [0.25, 0.3) is 0 Å². The van der Waals surface area contributed by atoms with Crippen molar-refractivity contribution < 1.29 is 9.59 Å². The largest absolute Gasteiger partial charge is 0.339 e. The van der Waals surface area contributed by atoms with Crippen LogP contribution in [-0.2, 0) is 9.59 Å². The molecule has 0 bridgehead atoms. The molecular formula is C15H27ClN4O2. The van der Waals surface area contributed by atoms with Gasteiger partial charge in [0.1, 0.15) is 0 Å². The smallest absolute Gasteiger partial charge is 0.236 e. The molecule has 3 fully saturated rings. The quantitative estimate of drug-likeness (QED) is 0.751. The van der Waals surface area contributed by atoms with Crippen LogP contribution in [0.3, 0.4) is 0 Å². The Kier molecular flexibility index (Phi) is 6.06. The van der Waals surface area contributed by atoms with E-state index in [4.69, 9.17) is 0 Å². The molecule has 0 spiro atoms. The van der Waals surface area contributed by atoms with Crippen LogP contribution < -0.4 is 5.32 Å². The van der Waals surface area contributed by atoms with Gasteiger partial charge in [0.05, 0.1) is 6.54 Å². The highest BCUT2D eigenvalue weighted by molar-refractivity contribution is 5.85. The summed E-state index contributed by atoms with van der Waals surface area (Å²) in [5.41, 5.74) is 0. The first-order valence-electron chi connectivity index (χ1n) is 8.10. The van der Waals surface area contributed by atoms with Gasteiger partial charge >= 0.3 is 0 Å². The van der Waals surface area contributed by atoms with Crippen LogP contribution in [-0.4, -0.2) is 85.4 Å². The van der Waals surface area contributed by atoms with Gasteiger partial charge in [-0.1, -0.05) is 0 Å². The van der Waals surface area contributed by atoms with Crippen LogP contribution >= 0.6 is 12.4 Å². The fourth-order valence-electron chi connectivity index (χ4n) is 3.82. The van der Waals surface area contributed by atoms with Gasteiger partial charge in [-0.25, -0.2) is 0 Å². The Morgan fingerprint density at radius 3 is 2.32 bits per heavy atom. The molecule has 3 rings (SSSR count). The molecule has 0 aromatic heterocycles. The number of rotatable bonds is 2. The first-order chi connectivity index (χ1) is 10.1. The van der Waals surface area contributed by atoms with Gasteiger partial charge in [-0.2, -0.15) is 0 Å². The minimum Gasteiger partial charge on any atom is -0.339 e. The molecule has 0 saturated carbocycles. The number of hydrogen-bond acceptors (Lipinski definition) is 4. The number of fused-ring (bicyclic) bond motifs is 1. The molecule has 2 unspecified atom stereocenters. The Morgan fingerprint density at radius 1 is 1.00 bits per heavy atom. The van der Waals surface area contributed by atoms with E-state index < -0.39 is 0 Å². The number of carbonyl (C=O) groups excluding carboxylic acids is 2. The van der Waals surface area contributed by atoms with Crippen molar-refractivity contribution in [1.29, 1.82) is 0 Å². The lowest BCUT2D eigenvalue weighted by Crippen LogP contribution is -2.53. The number of piperidine rings is 1. The van der Waals surface area contributed by atoms with Gasteiger partial charge in [-0.15, -0.1) is 12.4 Å². The lowest BCUT2D eigenvalue weighted by Gasteiger charge is -2.37. The van der Waals surface area contributed by atoms with E-state index in [9.17, 15) is 9.59 Å². The summed E-state index contributed by atoms with van der Waals surface area (Å²) in [7, 11) is 0. The van der Waals surface area contributed by atoms with E-state index in [1.54, 1.807) is 6.92 Å². The monoisotopic (exact) mass is 330 g/mol. The van der Waals surface area contributed by atoms with Gasteiger partial charge in [0.15, 0.2) is 0 Å². The summed E-state index contributed by atoms with van der Waals surface area (Å²) in [4.78, 5) is 29.8. The maximum Gasteiger partial charge on any atom is 0.236 e. The van der Waals surface area contributed by atoms with Crippen LogP contribution in [0.15, 0.2) is 0 Å². The summed E-state index contributed by atoms with van der Waals surface area (Å²) in [5, 5.41) is 3.46. The van der Waals surface area contributed by atoms with Crippen LogP contribution in [0, 0.1) is 11.8 Å². The Labute approximate surface area is 138 Å². The van der Waals surface area contributed by atoms with Gasteiger partial charge in [-0.05, 0) is 37.9 Å². The van der Waals surface area contributed by atoms with Crippen molar-refractivity contribution in [3.05, 3.63) is 0 Å². The molecule has 2 amide bonds. The Balaban J connectivity index is 0.00000176. The number of hydrogen-bond donors (Lipinski definition) is 1. The summed E-state index contributed by atoms with van der Waals surface area (Å²) in [6.07, 6.45) is 1.21. The highest BCUT2D eigenvalue weighted by Gasteiger charge is 2.34. The Bertz CT molecular complexity index is 412. The van der Waals surface area contributed by atoms with Crippen LogP contribution in [0.2, 0.25) is 0 Å². The zero-order valence-corrected chi connectivity index (χ0v) is 14.1. The second-order valence-corrected chi connectivity index (χ2v) is 6.59. The third-order valence-corrected chi connectivity index (χ3v) is 5.23. The zero-order chi connectivity index (χ0) is 14.8. The zero-order valence-electron chi connectivity index (χ0n) is 13.3. The molecule has 6 nitrogen and oxygen atoms in total. The number of nitrogens with zero attached hydrogens (tertiary/aromatic N) is 3. The van der Waals surface area contributed by atoms with Crippen molar-refractivity contribution in [2.24, 2.45) is 11.8 Å². The molecule has 126 valence electrons. The van der Waals surface area contributed by atoms with Gasteiger partial charge in [0, 0.05) is 39.6 Å². The number of nitrogens with one attached hydrogen (secondary N) is 1. The molecule has 2 atom stereocenters. The van der Waals surface area contributed by atoms with E-state index in [-0.39, 0.29) is 24.2 Å².